The van der Waals surface area contributed by atoms with Crippen molar-refractivity contribution in [3.8, 4) is 0 Å². The zero-order valence-corrected chi connectivity index (χ0v) is 13.7. The largest absolute Gasteiger partial charge is 0.351 e. The maximum Gasteiger partial charge on any atom is 0.285 e. The van der Waals surface area contributed by atoms with Crippen LogP contribution in [0, 0.1) is 0 Å². The van der Waals surface area contributed by atoms with Crippen LogP contribution in [0.3, 0.4) is 0 Å². The molecule has 2 aliphatic heterocycles. The zero-order chi connectivity index (χ0) is 16.7. The molecule has 0 spiro atoms. The summed E-state index contributed by atoms with van der Waals surface area (Å²) in [5.74, 6) is 0.483. The first-order chi connectivity index (χ1) is 11.6. The number of benzene rings is 1. The summed E-state index contributed by atoms with van der Waals surface area (Å²) in [6, 6.07) is 9.94. The molecule has 7 nitrogen and oxygen atoms in total. The fraction of sp³-hybridized carbons (Fsp3) is 0.312. The average molecular weight is 344 g/mol. The quantitative estimate of drug-likeness (QED) is 0.807. The van der Waals surface area contributed by atoms with Crippen LogP contribution in [-0.2, 0) is 16.6 Å². The maximum atomic E-state index is 12.3. The molecule has 0 bridgehead atoms. The van der Waals surface area contributed by atoms with Gasteiger partial charge in [0.25, 0.3) is 15.6 Å². The predicted molar refractivity (Wildman–Crippen MR) is 88.4 cm³/mol. The molecule has 124 valence electrons. The van der Waals surface area contributed by atoms with Gasteiger partial charge in [-0.2, -0.15) is 13.5 Å². The topological polar surface area (TPSA) is 84.6 Å². The van der Waals surface area contributed by atoms with Crippen LogP contribution < -0.4 is 5.56 Å². The summed E-state index contributed by atoms with van der Waals surface area (Å²) in [4.78, 5) is 14.1. The first kappa shape index (κ1) is 15.1. The van der Waals surface area contributed by atoms with E-state index in [-0.39, 0.29) is 16.5 Å². The third-order valence-electron chi connectivity index (χ3n) is 4.43. The lowest BCUT2D eigenvalue weighted by Crippen LogP contribution is -2.40. The van der Waals surface area contributed by atoms with Gasteiger partial charge in [0.2, 0.25) is 0 Å². The number of amidine groups is 1. The van der Waals surface area contributed by atoms with Crippen molar-refractivity contribution in [3.63, 3.8) is 0 Å². The SMILES string of the molecule is O=c1cccnn1CC1CCCN1C1=NS(=O)(=O)c2ccccc21. The van der Waals surface area contributed by atoms with Crippen molar-refractivity contribution in [2.45, 2.75) is 30.3 Å². The van der Waals surface area contributed by atoms with Gasteiger partial charge in [-0.15, -0.1) is 4.40 Å². The Bertz CT molecular complexity index is 981. The molecule has 4 rings (SSSR count). The number of likely N-dealkylation sites (tertiary alicyclic amines) is 1. The summed E-state index contributed by atoms with van der Waals surface area (Å²) in [6.07, 6.45) is 3.37. The Morgan fingerprint density at radius 1 is 1.17 bits per heavy atom. The van der Waals surface area contributed by atoms with Crippen molar-refractivity contribution in [1.82, 2.24) is 14.7 Å². The van der Waals surface area contributed by atoms with Gasteiger partial charge in [-0.25, -0.2) is 4.68 Å². The van der Waals surface area contributed by atoms with E-state index in [2.05, 4.69) is 9.50 Å². The molecule has 1 fully saturated rings. The van der Waals surface area contributed by atoms with E-state index in [1.807, 2.05) is 11.0 Å². The van der Waals surface area contributed by atoms with E-state index in [4.69, 9.17) is 0 Å². The van der Waals surface area contributed by atoms with E-state index in [9.17, 15) is 13.2 Å². The summed E-state index contributed by atoms with van der Waals surface area (Å²) >= 11 is 0. The van der Waals surface area contributed by atoms with Crippen LogP contribution in [0.15, 0.2) is 56.7 Å². The number of rotatable bonds is 2. The molecule has 1 saturated heterocycles. The molecule has 1 unspecified atom stereocenters. The van der Waals surface area contributed by atoms with Gasteiger partial charge < -0.3 is 4.90 Å². The summed E-state index contributed by atoms with van der Waals surface area (Å²) in [7, 11) is -3.63. The molecule has 0 radical (unpaired) electrons. The Balaban J connectivity index is 1.69. The number of hydrogen-bond donors (Lipinski definition) is 0. The lowest BCUT2D eigenvalue weighted by atomic mass is 10.1. The van der Waals surface area contributed by atoms with Crippen LogP contribution in [-0.4, -0.2) is 41.5 Å². The third-order valence-corrected chi connectivity index (χ3v) is 5.76. The minimum Gasteiger partial charge on any atom is -0.351 e. The normalized spacial score (nSPS) is 21.6. The standard InChI is InChI=1S/C16H16N4O3S/c21-15-8-3-9-17-20(15)11-12-5-4-10-19(12)16-13-6-1-2-7-14(13)24(22,23)18-16/h1-3,6-9,12H,4-5,10-11H2. The van der Waals surface area contributed by atoms with Gasteiger partial charge in [0.05, 0.1) is 12.6 Å². The van der Waals surface area contributed by atoms with Gasteiger partial charge in [-0.3, -0.25) is 4.79 Å². The highest BCUT2D eigenvalue weighted by molar-refractivity contribution is 7.90. The van der Waals surface area contributed by atoms with E-state index >= 15 is 0 Å². The Labute approximate surface area is 139 Å². The summed E-state index contributed by atoms with van der Waals surface area (Å²) in [6.45, 7) is 1.13. The number of hydrogen-bond acceptors (Lipinski definition) is 5. The second-order valence-electron chi connectivity index (χ2n) is 5.92. The molecule has 3 heterocycles. The molecule has 2 aromatic rings. The average Bonchev–Trinajstić information content (AvgIpc) is 3.12. The van der Waals surface area contributed by atoms with Gasteiger partial charge in [0.1, 0.15) is 4.90 Å². The summed E-state index contributed by atoms with van der Waals surface area (Å²) < 4.78 is 29.9. The van der Waals surface area contributed by atoms with E-state index in [1.54, 1.807) is 30.5 Å². The van der Waals surface area contributed by atoms with Crippen molar-refractivity contribution in [2.24, 2.45) is 4.40 Å². The zero-order valence-electron chi connectivity index (χ0n) is 12.9. The minimum atomic E-state index is -3.63. The predicted octanol–water partition coefficient (Wildman–Crippen LogP) is 0.857. The van der Waals surface area contributed by atoms with Crippen LogP contribution in [0.1, 0.15) is 18.4 Å². The number of aromatic nitrogens is 2. The molecular weight excluding hydrogens is 328 g/mol. The highest BCUT2D eigenvalue weighted by Gasteiger charge is 2.36. The van der Waals surface area contributed by atoms with E-state index in [1.165, 1.54) is 10.7 Å². The second kappa shape index (κ2) is 5.55. The first-order valence-corrected chi connectivity index (χ1v) is 9.23. The van der Waals surface area contributed by atoms with Gasteiger partial charge in [-0.1, -0.05) is 12.1 Å². The number of nitrogens with zero attached hydrogens (tertiary/aromatic N) is 4. The van der Waals surface area contributed by atoms with Gasteiger partial charge >= 0.3 is 0 Å². The fourth-order valence-electron chi connectivity index (χ4n) is 3.32. The Kier molecular flexibility index (Phi) is 3.49. The van der Waals surface area contributed by atoms with Gasteiger partial charge in [0, 0.05) is 24.4 Å². The fourth-order valence-corrected chi connectivity index (χ4v) is 4.54. The summed E-state index contributed by atoms with van der Waals surface area (Å²) in [5.41, 5.74) is 0.475. The number of fused-ring (bicyclic) bond motifs is 1. The lowest BCUT2D eigenvalue weighted by Gasteiger charge is -2.26. The molecule has 1 atom stereocenters. The molecule has 0 N–H and O–H groups in total. The van der Waals surface area contributed by atoms with Crippen LogP contribution in [0.25, 0.3) is 0 Å². The van der Waals surface area contributed by atoms with E-state index in [0.29, 0.717) is 17.9 Å². The second-order valence-corrected chi connectivity index (χ2v) is 7.49. The Hall–Kier alpha value is -2.48. The molecule has 2 aliphatic rings. The van der Waals surface area contributed by atoms with E-state index < -0.39 is 10.0 Å². The third kappa shape index (κ3) is 2.43. The van der Waals surface area contributed by atoms with Crippen molar-refractivity contribution in [2.75, 3.05) is 6.54 Å². The van der Waals surface area contributed by atoms with Crippen LogP contribution >= 0.6 is 0 Å². The highest BCUT2D eigenvalue weighted by atomic mass is 32.2. The molecule has 0 aliphatic carbocycles. The highest BCUT2D eigenvalue weighted by Crippen LogP contribution is 2.31. The first-order valence-electron chi connectivity index (χ1n) is 7.79. The molecule has 24 heavy (non-hydrogen) atoms. The molecule has 1 aromatic carbocycles. The molecule has 0 amide bonds. The lowest BCUT2D eigenvalue weighted by molar-refractivity contribution is 0.331. The van der Waals surface area contributed by atoms with E-state index in [0.717, 1.165) is 19.4 Å². The monoisotopic (exact) mass is 344 g/mol. The van der Waals surface area contributed by atoms with Crippen LogP contribution in [0.5, 0.6) is 0 Å². The van der Waals surface area contributed by atoms with Crippen molar-refractivity contribution in [3.05, 3.63) is 58.5 Å². The molecule has 0 saturated carbocycles. The Morgan fingerprint density at radius 3 is 2.83 bits per heavy atom. The molecule has 1 aromatic heterocycles. The smallest absolute Gasteiger partial charge is 0.285 e. The Morgan fingerprint density at radius 2 is 2.00 bits per heavy atom. The minimum absolute atomic E-state index is 0.00212. The van der Waals surface area contributed by atoms with Crippen molar-refractivity contribution >= 4 is 15.9 Å². The van der Waals surface area contributed by atoms with Crippen LogP contribution in [0.4, 0.5) is 0 Å². The summed E-state index contributed by atoms with van der Waals surface area (Å²) in [5, 5.41) is 4.10. The van der Waals surface area contributed by atoms with Crippen molar-refractivity contribution in [1.29, 1.82) is 0 Å². The van der Waals surface area contributed by atoms with Crippen molar-refractivity contribution < 1.29 is 8.42 Å². The van der Waals surface area contributed by atoms with Gasteiger partial charge in [-0.05, 0) is 31.0 Å². The molecular formula is C16H16N4O3S. The van der Waals surface area contributed by atoms with Gasteiger partial charge in [0.15, 0.2) is 5.84 Å². The maximum absolute atomic E-state index is 12.3. The number of sulfonamides is 1. The molecule has 8 heteroatoms. The van der Waals surface area contributed by atoms with Crippen LogP contribution in [0.2, 0.25) is 0 Å².